The molecule has 0 saturated heterocycles. The maximum atomic E-state index is 14.6. The van der Waals surface area contributed by atoms with Crippen molar-refractivity contribution >= 4 is 51.3 Å². The summed E-state index contributed by atoms with van der Waals surface area (Å²) in [6.45, 7) is 14.6. The summed E-state index contributed by atoms with van der Waals surface area (Å²) < 4.78 is 23.3. The van der Waals surface area contributed by atoms with E-state index in [0.717, 1.165) is 43.8 Å². The number of alkyl carbamates (subject to hydrolysis) is 1. The van der Waals surface area contributed by atoms with Crippen molar-refractivity contribution in [3.63, 3.8) is 0 Å². The van der Waals surface area contributed by atoms with E-state index < -0.39 is 53.5 Å². The second-order valence-corrected chi connectivity index (χ2v) is 16.9. The van der Waals surface area contributed by atoms with Crippen molar-refractivity contribution in [1.82, 2.24) is 21.3 Å². The molecule has 0 radical (unpaired) electrons. The van der Waals surface area contributed by atoms with Gasteiger partial charge in [-0.15, -0.1) is 13.2 Å². The van der Waals surface area contributed by atoms with Gasteiger partial charge in [-0.05, 0) is 103 Å². The minimum atomic E-state index is -1.18. The maximum Gasteiger partial charge on any atom is 0.407 e. The monoisotopic (exact) mass is 898 g/mol. The van der Waals surface area contributed by atoms with Crippen LogP contribution in [-0.4, -0.2) is 74.3 Å². The van der Waals surface area contributed by atoms with Crippen LogP contribution < -0.4 is 30.7 Å². The number of ether oxygens (including phenoxy) is 4. The summed E-state index contributed by atoms with van der Waals surface area (Å²) in [5.74, 6) is -1.30. The van der Waals surface area contributed by atoms with Gasteiger partial charge in [0.25, 0.3) is 0 Å². The molecule has 0 aliphatic carbocycles. The van der Waals surface area contributed by atoms with Crippen molar-refractivity contribution in [2.45, 2.75) is 96.6 Å². The minimum absolute atomic E-state index is 0.00436. The average Bonchev–Trinajstić information content (AvgIpc) is 3.28. The van der Waals surface area contributed by atoms with Crippen molar-refractivity contribution in [2.75, 3.05) is 20.8 Å². The number of carbonyl (C=O) groups excluding carboxylic acids is 5. The van der Waals surface area contributed by atoms with Crippen molar-refractivity contribution in [1.29, 1.82) is 0 Å². The Morgan fingerprint density at radius 2 is 1.24 bits per heavy atom. The van der Waals surface area contributed by atoms with Gasteiger partial charge in [0.05, 0.1) is 14.2 Å². The van der Waals surface area contributed by atoms with Gasteiger partial charge < -0.3 is 40.2 Å². The molecular weight excluding hydrogens is 837 g/mol. The van der Waals surface area contributed by atoms with Gasteiger partial charge in [0.15, 0.2) is 0 Å². The van der Waals surface area contributed by atoms with E-state index in [1.54, 1.807) is 35.0 Å². The fourth-order valence-corrected chi connectivity index (χ4v) is 7.87. The zero-order chi connectivity index (χ0) is 47.8. The molecule has 0 aromatic heterocycles. The number of hydrogen-bond acceptors (Lipinski definition) is 9. The molecule has 0 spiro atoms. The van der Waals surface area contributed by atoms with Gasteiger partial charge in [0.2, 0.25) is 17.7 Å². The lowest BCUT2D eigenvalue weighted by Gasteiger charge is -2.26. The van der Waals surface area contributed by atoms with Crippen LogP contribution in [0.4, 0.5) is 4.79 Å². The number of amides is 4. The average molecular weight is 899 g/mol. The number of benzene rings is 5. The first-order chi connectivity index (χ1) is 31.7. The third-order valence-corrected chi connectivity index (χ3v) is 10.7. The molecule has 5 rings (SSSR count). The summed E-state index contributed by atoms with van der Waals surface area (Å²) in [7, 11) is 3.20. The summed E-state index contributed by atoms with van der Waals surface area (Å²) in [4.78, 5) is 67.2. The predicted molar refractivity (Wildman–Crippen MR) is 258 cm³/mol. The summed E-state index contributed by atoms with van der Waals surface area (Å²) >= 11 is 0. The van der Waals surface area contributed by atoms with Crippen LogP contribution in [0.25, 0.3) is 32.7 Å². The third kappa shape index (κ3) is 13.4. The van der Waals surface area contributed by atoms with E-state index in [-0.39, 0.29) is 32.4 Å². The Hall–Kier alpha value is -7.15. The van der Waals surface area contributed by atoms with Gasteiger partial charge in [-0.2, -0.15) is 0 Å². The highest BCUT2D eigenvalue weighted by molar-refractivity contribution is 6.11. The molecule has 0 aliphatic rings. The van der Waals surface area contributed by atoms with Crippen molar-refractivity contribution < 1.29 is 42.9 Å². The van der Waals surface area contributed by atoms with Crippen LogP contribution in [-0.2, 0) is 48.1 Å². The second kappa shape index (κ2) is 23.7. The molecule has 4 amide bonds. The molecule has 66 heavy (non-hydrogen) atoms. The maximum absolute atomic E-state index is 14.6. The second-order valence-electron chi connectivity index (χ2n) is 16.9. The smallest absolute Gasteiger partial charge is 0.407 e. The lowest BCUT2D eigenvalue weighted by Crippen LogP contribution is -2.56. The van der Waals surface area contributed by atoms with E-state index in [9.17, 15) is 24.0 Å². The Kier molecular flexibility index (Phi) is 17.9. The molecule has 13 nitrogen and oxygen atoms in total. The zero-order valence-electron chi connectivity index (χ0n) is 38.8. The van der Waals surface area contributed by atoms with E-state index in [0.29, 0.717) is 36.3 Å². The van der Waals surface area contributed by atoms with Crippen LogP contribution in [0.15, 0.2) is 116 Å². The van der Waals surface area contributed by atoms with Gasteiger partial charge in [-0.3, -0.25) is 14.4 Å². The number of methoxy groups -OCH3 is 2. The van der Waals surface area contributed by atoms with Gasteiger partial charge in [0.1, 0.15) is 41.8 Å². The van der Waals surface area contributed by atoms with Gasteiger partial charge in [-0.1, -0.05) is 91.0 Å². The van der Waals surface area contributed by atoms with Gasteiger partial charge in [-0.25, -0.2) is 9.59 Å². The molecule has 0 fully saturated rings. The van der Waals surface area contributed by atoms with Crippen molar-refractivity contribution in [2.24, 2.45) is 0 Å². The number of carbonyl (C=O) groups is 5. The molecule has 348 valence electrons. The number of allylic oxidation sites excluding steroid dienone is 1. The zero-order valence-corrected chi connectivity index (χ0v) is 38.8. The summed E-state index contributed by atoms with van der Waals surface area (Å²) in [6.07, 6.45) is 4.27. The van der Waals surface area contributed by atoms with Gasteiger partial charge in [0, 0.05) is 31.0 Å². The molecule has 4 N–H and O–H groups in total. The first-order valence-electron chi connectivity index (χ1n) is 22.1. The Morgan fingerprint density at radius 3 is 1.82 bits per heavy atom. The highest BCUT2D eigenvalue weighted by Gasteiger charge is 2.32. The third-order valence-electron chi connectivity index (χ3n) is 10.7. The lowest BCUT2D eigenvalue weighted by molar-refractivity contribution is -0.149. The topological polar surface area (TPSA) is 170 Å². The van der Waals surface area contributed by atoms with Crippen LogP contribution >= 0.6 is 0 Å². The molecule has 3 unspecified atom stereocenters. The predicted octanol–water partition coefficient (Wildman–Crippen LogP) is 8.44. The fraction of sp³-hybridized carbons (Fsp3) is 0.340. The Balaban J connectivity index is 1.49. The lowest BCUT2D eigenvalue weighted by atomic mass is 9.87. The van der Waals surface area contributed by atoms with E-state index in [4.69, 9.17) is 18.9 Å². The SMILES string of the molecule is C=CCc1cc2ccccc2c(-c2c(OC)c(CC(NC(C)=O)C(=O)NC(CCCCNC(=O)OC(C)(C)C)C(=O)NC(CC=C)C(=O)OCc3ccccc3)cc3ccccc23)c1OC. The molecule has 0 bridgehead atoms. The quantitative estimate of drug-likeness (QED) is 0.0303. The largest absolute Gasteiger partial charge is 0.496 e. The number of esters is 1. The molecular formula is C53H62N4O9. The number of fused-ring (bicyclic) bond motifs is 2. The highest BCUT2D eigenvalue weighted by Crippen LogP contribution is 2.48. The van der Waals surface area contributed by atoms with Gasteiger partial charge >= 0.3 is 12.1 Å². The van der Waals surface area contributed by atoms with Crippen LogP contribution in [0.1, 0.15) is 70.1 Å². The molecule has 5 aromatic carbocycles. The first-order valence-corrected chi connectivity index (χ1v) is 22.1. The molecule has 0 heterocycles. The number of unbranched alkanes of at least 4 members (excludes halogenated alkanes) is 1. The molecule has 0 aliphatic heterocycles. The highest BCUT2D eigenvalue weighted by atomic mass is 16.6. The molecule has 0 saturated carbocycles. The number of nitrogens with one attached hydrogen (secondary N) is 4. The molecule has 5 aromatic rings. The fourth-order valence-electron chi connectivity index (χ4n) is 7.87. The molecule has 13 heteroatoms. The number of hydrogen-bond donors (Lipinski definition) is 4. The Labute approximate surface area is 387 Å². The van der Waals surface area contributed by atoms with Crippen LogP contribution in [0, 0.1) is 0 Å². The Bertz CT molecular complexity index is 2530. The molecule has 3 atom stereocenters. The summed E-state index contributed by atoms with van der Waals surface area (Å²) in [6, 6.07) is 25.6. The van der Waals surface area contributed by atoms with Crippen LogP contribution in [0.2, 0.25) is 0 Å². The van der Waals surface area contributed by atoms with E-state index >= 15 is 0 Å². The standard InChI is InChI=1S/C53H62N4O9/c1-9-20-38-30-36-24-14-16-26-40(36)45(47(38)63-7)46-41-27-17-15-25-37(41)31-39(48(46)64-8)32-44(55-34(3)58)50(60)56-42(28-18-19-29-54-52(62)66-53(4,5)6)49(59)57-43(21-10-2)51(61)65-33-35-22-12-11-13-23-35/h9-17,22-27,30-31,42-44H,1-2,18-21,28-29,32-33H2,3-8H3,(H,54,62)(H,55,58)(H,56,60)(H,57,59). The first kappa shape index (κ1) is 49.9. The normalized spacial score (nSPS) is 12.5. The van der Waals surface area contributed by atoms with Crippen molar-refractivity contribution in [3.8, 4) is 22.6 Å². The van der Waals surface area contributed by atoms with E-state index in [2.05, 4.69) is 40.5 Å². The Morgan fingerprint density at radius 1 is 0.682 bits per heavy atom. The summed E-state index contributed by atoms with van der Waals surface area (Å²) in [5.41, 5.74) is 3.18. The van der Waals surface area contributed by atoms with E-state index in [1.807, 2.05) is 91.0 Å². The van der Waals surface area contributed by atoms with Crippen molar-refractivity contribution in [3.05, 3.63) is 133 Å². The summed E-state index contributed by atoms with van der Waals surface area (Å²) in [5, 5.41) is 14.8. The number of rotatable bonds is 22. The van der Waals surface area contributed by atoms with E-state index in [1.165, 1.54) is 13.0 Å². The van der Waals surface area contributed by atoms with Crippen LogP contribution in [0.5, 0.6) is 11.5 Å². The van der Waals surface area contributed by atoms with Crippen LogP contribution in [0.3, 0.4) is 0 Å². The minimum Gasteiger partial charge on any atom is -0.496 e.